The lowest BCUT2D eigenvalue weighted by Gasteiger charge is -2.51. The van der Waals surface area contributed by atoms with Crippen LogP contribution in [-0.2, 0) is 27.5 Å². The van der Waals surface area contributed by atoms with Gasteiger partial charge in [0.1, 0.15) is 5.44 Å². The fourth-order valence-electron chi connectivity index (χ4n) is 5.06. The lowest BCUT2D eigenvalue weighted by atomic mass is 10.0. The third kappa shape index (κ3) is 11.8. The Bertz CT molecular complexity index is 966. The fourth-order valence-corrected chi connectivity index (χ4v) is 11.6. The number of hydrogen-bond donors (Lipinski definition) is 0. The van der Waals surface area contributed by atoms with Crippen LogP contribution in [0.3, 0.4) is 0 Å². The van der Waals surface area contributed by atoms with Crippen molar-refractivity contribution in [1.82, 2.24) is 0 Å². The van der Waals surface area contributed by atoms with Crippen molar-refractivity contribution in [2.24, 2.45) is 0 Å². The van der Waals surface area contributed by atoms with Crippen LogP contribution >= 0.6 is 11.8 Å². The lowest BCUT2D eigenvalue weighted by molar-refractivity contribution is -0.210. The zero-order valence-corrected chi connectivity index (χ0v) is 38.6. The van der Waals surface area contributed by atoms with Crippen molar-refractivity contribution in [3.63, 3.8) is 0 Å². The average molecular weight is 737 g/mol. The Hall–Kier alpha value is 0.978. The van der Waals surface area contributed by atoms with E-state index in [4.69, 9.17) is 27.5 Å². The minimum Gasteiger partial charge on any atom is -0.411 e. The van der Waals surface area contributed by atoms with Crippen LogP contribution in [0.2, 0.25) is 80.1 Å². The molecule has 0 N–H and O–H groups in total. The fraction of sp³-hybridized carbons (Fsp3) is 1.00. The minimum absolute atomic E-state index is 0.0166. The summed E-state index contributed by atoms with van der Waals surface area (Å²) in [6, 6.07) is 1.13. The van der Waals surface area contributed by atoms with E-state index >= 15 is 0 Å². The molecular weight excluding hydrogens is 661 g/mol. The molecule has 0 bridgehead atoms. The van der Waals surface area contributed by atoms with Crippen LogP contribution in [0.25, 0.3) is 0 Å². The minimum atomic E-state index is -2.07. The molecule has 6 nitrogen and oxygen atoms in total. The summed E-state index contributed by atoms with van der Waals surface area (Å²) >= 11 is 1.93. The van der Waals surface area contributed by atoms with Crippen molar-refractivity contribution in [2.75, 3.05) is 6.61 Å². The van der Waals surface area contributed by atoms with Gasteiger partial charge in [-0.3, -0.25) is 0 Å². The van der Waals surface area contributed by atoms with E-state index in [1.54, 1.807) is 0 Å². The summed E-state index contributed by atoms with van der Waals surface area (Å²) in [6.07, 6.45) is 1.12. The van der Waals surface area contributed by atoms with Gasteiger partial charge < -0.3 is 27.5 Å². The Morgan fingerprint density at radius 3 is 1.50 bits per heavy atom. The van der Waals surface area contributed by atoms with Gasteiger partial charge in [-0.05, 0) is 74.3 Å². The standard InChI is InChI=1S/C35H76O6SSi4/c1-25-31(40-45(17,18)34(6,7)8)27(39-44(15,16)33(3,4)5)23-30(38-25)42-28-24-29(36-21-22-43(12,13)14)37-26(2)32(28)41-46(19,20)35(9,10)11/h25-32H,21-24H2,1-20H3/t25-,26+,27-,28+,29+,30+,31-,32+/m0/s1. The highest BCUT2D eigenvalue weighted by molar-refractivity contribution is 8.00. The van der Waals surface area contributed by atoms with Gasteiger partial charge in [0.2, 0.25) is 0 Å². The highest BCUT2D eigenvalue weighted by Gasteiger charge is 2.51. The topological polar surface area (TPSA) is 55.4 Å². The van der Waals surface area contributed by atoms with Gasteiger partial charge >= 0.3 is 0 Å². The van der Waals surface area contributed by atoms with E-state index in [1.807, 2.05) is 11.8 Å². The van der Waals surface area contributed by atoms with Crippen molar-refractivity contribution in [3.05, 3.63) is 0 Å². The summed E-state index contributed by atoms with van der Waals surface area (Å²) in [4.78, 5) is 0. The molecule has 0 amide bonds. The Labute approximate surface area is 294 Å². The summed E-state index contributed by atoms with van der Waals surface area (Å²) in [5.41, 5.74) is -0.0208. The van der Waals surface area contributed by atoms with Gasteiger partial charge in [-0.1, -0.05) is 82.0 Å². The van der Waals surface area contributed by atoms with Crippen molar-refractivity contribution in [3.8, 4) is 0 Å². The van der Waals surface area contributed by atoms with Gasteiger partial charge in [0.05, 0.1) is 30.5 Å². The van der Waals surface area contributed by atoms with Crippen LogP contribution in [0.1, 0.15) is 89.0 Å². The Morgan fingerprint density at radius 2 is 1.04 bits per heavy atom. The Kier molecular flexibility index (Phi) is 14.3. The van der Waals surface area contributed by atoms with Crippen LogP contribution < -0.4 is 0 Å². The van der Waals surface area contributed by atoms with E-state index in [1.165, 1.54) is 0 Å². The first-order chi connectivity index (χ1) is 20.4. The van der Waals surface area contributed by atoms with Crippen LogP contribution in [-0.4, -0.2) is 87.1 Å². The Morgan fingerprint density at radius 1 is 0.609 bits per heavy atom. The predicted octanol–water partition coefficient (Wildman–Crippen LogP) is 10.9. The van der Waals surface area contributed by atoms with Crippen molar-refractivity contribution in [2.45, 2.75) is 217 Å². The number of thioether (sulfide) groups is 1. The van der Waals surface area contributed by atoms with Crippen molar-refractivity contribution in [1.29, 1.82) is 0 Å². The molecule has 2 aliphatic rings. The zero-order chi connectivity index (χ0) is 35.9. The van der Waals surface area contributed by atoms with E-state index in [2.05, 4.69) is 135 Å². The third-order valence-electron chi connectivity index (χ3n) is 11.4. The van der Waals surface area contributed by atoms with Gasteiger partial charge in [-0.25, -0.2) is 0 Å². The molecule has 11 heteroatoms. The van der Waals surface area contributed by atoms with Gasteiger partial charge in [-0.15, -0.1) is 11.8 Å². The molecule has 0 unspecified atom stereocenters. The Balaban J connectivity index is 2.41. The summed E-state index contributed by atoms with van der Waals surface area (Å²) in [5.74, 6) is 0. The van der Waals surface area contributed by atoms with Crippen LogP contribution in [0.5, 0.6) is 0 Å². The monoisotopic (exact) mass is 736 g/mol. The molecule has 46 heavy (non-hydrogen) atoms. The first-order valence-corrected chi connectivity index (χ1v) is 31.4. The van der Waals surface area contributed by atoms with Crippen molar-refractivity contribution < 1.29 is 27.5 Å². The molecule has 0 aliphatic carbocycles. The highest BCUT2D eigenvalue weighted by Crippen LogP contribution is 2.47. The molecule has 2 rings (SSSR count). The van der Waals surface area contributed by atoms with E-state index in [-0.39, 0.29) is 62.6 Å². The van der Waals surface area contributed by atoms with Crippen LogP contribution in [0.4, 0.5) is 0 Å². The molecule has 2 aliphatic heterocycles. The molecule has 0 aromatic carbocycles. The second-order valence-electron chi connectivity index (χ2n) is 20.0. The molecule has 2 heterocycles. The van der Waals surface area contributed by atoms with E-state index < -0.39 is 33.0 Å². The number of rotatable bonds is 12. The van der Waals surface area contributed by atoms with E-state index in [0.29, 0.717) is 0 Å². The SMILES string of the molecule is C[C@@H]1O[C@H](S[C@@H]2C[C@H](OCC[Si](C)(C)C)O[C@H](C)[C@H]2O[Si](C)(C)C(C)(C)C)C[C@H](O[Si](C)(C)C(C)(C)C)[C@H]1O[Si](C)(C)C(C)(C)C. The van der Waals surface area contributed by atoms with Crippen LogP contribution in [0.15, 0.2) is 0 Å². The first-order valence-electron chi connectivity index (χ1n) is 18.0. The lowest BCUT2D eigenvalue weighted by Crippen LogP contribution is -2.59. The van der Waals surface area contributed by atoms with E-state index in [9.17, 15) is 0 Å². The van der Waals surface area contributed by atoms with Gasteiger partial charge in [-0.2, -0.15) is 0 Å². The second-order valence-corrected chi connectivity index (χ2v) is 41.3. The maximum atomic E-state index is 7.26. The molecule has 0 aromatic heterocycles. The molecule has 2 saturated heterocycles. The zero-order valence-electron chi connectivity index (χ0n) is 33.8. The highest BCUT2D eigenvalue weighted by atomic mass is 32.2. The molecule has 0 aromatic rings. The average Bonchev–Trinajstić information content (AvgIpc) is 2.80. The molecule has 274 valence electrons. The second kappa shape index (κ2) is 15.3. The van der Waals surface area contributed by atoms with Crippen LogP contribution in [0, 0.1) is 0 Å². The molecule has 0 radical (unpaired) electrons. The molecule has 8 atom stereocenters. The van der Waals surface area contributed by atoms with Gasteiger partial charge in [0, 0.05) is 32.8 Å². The summed E-state index contributed by atoms with van der Waals surface area (Å²) in [7, 11) is -7.39. The number of ether oxygens (including phenoxy) is 3. The molecule has 0 saturated carbocycles. The van der Waals surface area contributed by atoms with Gasteiger partial charge in [0.15, 0.2) is 31.2 Å². The smallest absolute Gasteiger partial charge is 0.192 e. The summed E-state index contributed by atoms with van der Waals surface area (Å²) in [6.45, 7) is 47.3. The largest absolute Gasteiger partial charge is 0.411 e. The normalized spacial score (nSPS) is 31.3. The summed E-state index contributed by atoms with van der Waals surface area (Å²) in [5, 5.41) is 0.519. The molecule has 2 fully saturated rings. The maximum absolute atomic E-state index is 7.26. The quantitative estimate of drug-likeness (QED) is 0.185. The molecule has 0 spiro atoms. The number of hydrogen-bond acceptors (Lipinski definition) is 7. The summed E-state index contributed by atoms with van der Waals surface area (Å²) < 4.78 is 41.4. The first kappa shape index (κ1) is 43.1. The predicted molar refractivity (Wildman–Crippen MR) is 210 cm³/mol. The van der Waals surface area contributed by atoms with Gasteiger partial charge in [0.25, 0.3) is 0 Å². The van der Waals surface area contributed by atoms with E-state index in [0.717, 1.165) is 25.5 Å². The maximum Gasteiger partial charge on any atom is 0.192 e. The third-order valence-corrected chi connectivity index (χ3v) is 28.0. The molecular formula is C35H76O6SSi4. The van der Waals surface area contributed by atoms with Crippen molar-refractivity contribution >= 4 is 44.8 Å².